The molecule has 1 aromatic heterocycles. The van der Waals surface area contributed by atoms with E-state index in [9.17, 15) is 23.1 Å². The van der Waals surface area contributed by atoms with Crippen LogP contribution >= 0.6 is 0 Å². The number of hydrogen-bond acceptors (Lipinski definition) is 5. The average molecular weight is 400 g/mol. The topological polar surface area (TPSA) is 133 Å². The van der Waals surface area contributed by atoms with Crippen molar-refractivity contribution in [2.75, 3.05) is 13.1 Å². The number of carbonyl (C=O) groups excluding carboxylic acids is 1. The monoisotopic (exact) mass is 400 g/mol. The number of nitrogens with one attached hydrogen (secondary N) is 1. The number of nitrogens with zero attached hydrogens (tertiary/aromatic N) is 2. The minimum Gasteiger partial charge on any atom is -0.475 e. The first kappa shape index (κ1) is 21.4. The number of alkyl halides is 3. The number of carboxylic acid groups (broad SMARTS) is 1. The van der Waals surface area contributed by atoms with Gasteiger partial charge < -0.3 is 20.8 Å². The van der Waals surface area contributed by atoms with E-state index in [2.05, 4.69) is 10.2 Å². The quantitative estimate of drug-likeness (QED) is 0.600. The van der Waals surface area contributed by atoms with Gasteiger partial charge in [0.25, 0.3) is 5.91 Å². The third-order valence-electron chi connectivity index (χ3n) is 3.95. The maximum atomic E-state index is 12.4. The predicted octanol–water partition coefficient (Wildman–Crippen LogP) is 1.24. The lowest BCUT2D eigenvalue weighted by Gasteiger charge is -2.34. The summed E-state index contributed by atoms with van der Waals surface area (Å²) in [4.78, 5) is 22.9. The molecule has 0 aliphatic carbocycles. The molecule has 0 radical (unpaired) electrons. The van der Waals surface area contributed by atoms with Crippen molar-refractivity contribution in [1.82, 2.24) is 15.1 Å². The highest BCUT2D eigenvalue weighted by Crippen LogP contribution is 2.20. The van der Waals surface area contributed by atoms with Gasteiger partial charge in [-0.15, -0.1) is 0 Å². The standard InChI is InChI=1S/C15H18N4O2.C2HF3O2/c16-13-5-14(20)9-19(8-13)15(21)11-3-1-10(2-4-11)12-6-17-18-7-12;3-2(4,5)1(6)7/h1-4,6-7,13-14,20H,5,8-9,16H2,(H,17,18);(H,6,7). The summed E-state index contributed by atoms with van der Waals surface area (Å²) in [5.74, 6) is -2.85. The van der Waals surface area contributed by atoms with Gasteiger partial charge >= 0.3 is 12.1 Å². The Balaban J connectivity index is 0.000000345. The molecule has 2 heterocycles. The number of β-amino-alcohol motifs (C(OH)–C–C–N with tert-alkyl or cyclic N) is 1. The lowest BCUT2D eigenvalue weighted by atomic mass is 10.0. The Kier molecular flexibility index (Phi) is 6.75. The fraction of sp³-hybridized carbons (Fsp3) is 0.353. The lowest BCUT2D eigenvalue weighted by Crippen LogP contribution is -2.51. The average Bonchev–Trinajstić information content (AvgIpc) is 3.15. The van der Waals surface area contributed by atoms with Crippen molar-refractivity contribution in [1.29, 1.82) is 0 Å². The van der Waals surface area contributed by atoms with Crippen molar-refractivity contribution in [2.45, 2.75) is 24.7 Å². The van der Waals surface area contributed by atoms with Gasteiger partial charge in [0, 0.05) is 36.5 Å². The number of benzene rings is 1. The molecule has 1 aromatic carbocycles. The molecule has 3 rings (SSSR count). The van der Waals surface area contributed by atoms with Crippen LogP contribution in [0.3, 0.4) is 0 Å². The molecule has 0 spiro atoms. The van der Waals surface area contributed by atoms with E-state index in [1.807, 2.05) is 12.1 Å². The van der Waals surface area contributed by atoms with Crippen molar-refractivity contribution in [3.8, 4) is 11.1 Å². The summed E-state index contributed by atoms with van der Waals surface area (Å²) in [5.41, 5.74) is 8.43. The van der Waals surface area contributed by atoms with Gasteiger partial charge in [-0.1, -0.05) is 12.1 Å². The number of carboxylic acids is 1. The molecule has 0 bridgehead atoms. The molecule has 1 amide bonds. The minimum absolute atomic E-state index is 0.0945. The highest BCUT2D eigenvalue weighted by Gasteiger charge is 2.38. The van der Waals surface area contributed by atoms with Gasteiger partial charge in [0.05, 0.1) is 12.3 Å². The van der Waals surface area contributed by atoms with Crippen LogP contribution in [0.2, 0.25) is 0 Å². The third-order valence-corrected chi connectivity index (χ3v) is 3.95. The second-order valence-corrected chi connectivity index (χ2v) is 6.23. The SMILES string of the molecule is NC1CC(O)CN(C(=O)c2ccc(-c3cn[nH]c3)cc2)C1.O=C(O)C(F)(F)F. The highest BCUT2D eigenvalue weighted by atomic mass is 19.4. The van der Waals surface area contributed by atoms with Gasteiger partial charge in [-0.05, 0) is 24.1 Å². The minimum atomic E-state index is -5.08. The van der Waals surface area contributed by atoms with Crippen LogP contribution < -0.4 is 5.73 Å². The molecule has 0 saturated carbocycles. The van der Waals surface area contributed by atoms with E-state index >= 15 is 0 Å². The summed E-state index contributed by atoms with van der Waals surface area (Å²) in [6, 6.07) is 7.19. The third kappa shape index (κ3) is 5.79. The number of aliphatic hydroxyl groups is 1. The lowest BCUT2D eigenvalue weighted by molar-refractivity contribution is -0.192. The molecule has 2 atom stereocenters. The Morgan fingerprint density at radius 2 is 1.79 bits per heavy atom. The second kappa shape index (κ2) is 8.85. The Hall–Kier alpha value is -2.92. The molecule has 1 aliphatic rings. The van der Waals surface area contributed by atoms with E-state index < -0.39 is 18.2 Å². The van der Waals surface area contributed by atoms with E-state index in [0.717, 1.165) is 11.1 Å². The normalized spacial score (nSPS) is 19.5. The number of aliphatic carboxylic acids is 1. The fourth-order valence-corrected chi connectivity index (χ4v) is 2.67. The number of aromatic nitrogens is 2. The molecule has 1 fully saturated rings. The van der Waals surface area contributed by atoms with Crippen LogP contribution in [0.4, 0.5) is 13.2 Å². The smallest absolute Gasteiger partial charge is 0.475 e. The maximum absolute atomic E-state index is 12.4. The second-order valence-electron chi connectivity index (χ2n) is 6.23. The number of H-pyrrole nitrogens is 1. The summed E-state index contributed by atoms with van der Waals surface area (Å²) < 4.78 is 31.7. The molecular formula is C17H19F3N4O4. The molecule has 28 heavy (non-hydrogen) atoms. The molecule has 152 valence electrons. The van der Waals surface area contributed by atoms with Gasteiger partial charge in [-0.3, -0.25) is 9.89 Å². The number of amides is 1. The predicted molar refractivity (Wildman–Crippen MR) is 92.2 cm³/mol. The van der Waals surface area contributed by atoms with Crippen LogP contribution in [0.25, 0.3) is 11.1 Å². The van der Waals surface area contributed by atoms with Gasteiger partial charge in [-0.2, -0.15) is 18.3 Å². The number of carbonyl (C=O) groups is 2. The van der Waals surface area contributed by atoms with Crippen LogP contribution in [-0.4, -0.2) is 68.6 Å². The van der Waals surface area contributed by atoms with E-state index in [-0.39, 0.29) is 11.9 Å². The summed E-state index contributed by atoms with van der Waals surface area (Å²) in [7, 11) is 0. The molecule has 11 heteroatoms. The van der Waals surface area contributed by atoms with Crippen molar-refractivity contribution in [3.05, 3.63) is 42.2 Å². The van der Waals surface area contributed by atoms with Crippen molar-refractivity contribution in [3.63, 3.8) is 0 Å². The molecule has 8 nitrogen and oxygen atoms in total. The molecule has 1 saturated heterocycles. The van der Waals surface area contributed by atoms with Gasteiger partial charge in [0.2, 0.25) is 0 Å². The zero-order valence-electron chi connectivity index (χ0n) is 14.6. The molecule has 2 aromatic rings. The summed E-state index contributed by atoms with van der Waals surface area (Å²) in [5, 5.41) is 23.5. The number of piperidine rings is 1. The van der Waals surface area contributed by atoms with E-state index in [1.165, 1.54) is 0 Å². The number of likely N-dealkylation sites (tertiary alicyclic amines) is 1. The summed E-state index contributed by atoms with van der Waals surface area (Å²) >= 11 is 0. The van der Waals surface area contributed by atoms with Crippen molar-refractivity contribution in [2.24, 2.45) is 5.73 Å². The number of rotatable bonds is 2. The zero-order chi connectivity index (χ0) is 20.9. The largest absolute Gasteiger partial charge is 0.490 e. The number of aliphatic hydroxyl groups excluding tert-OH is 1. The van der Waals surface area contributed by atoms with Crippen LogP contribution in [0.15, 0.2) is 36.7 Å². The first-order chi connectivity index (χ1) is 13.1. The summed E-state index contributed by atoms with van der Waals surface area (Å²) in [6.07, 6.45) is -1.54. The number of hydrogen-bond donors (Lipinski definition) is 4. The number of aromatic amines is 1. The van der Waals surface area contributed by atoms with Gasteiger partial charge in [-0.25, -0.2) is 4.79 Å². The van der Waals surface area contributed by atoms with E-state index in [0.29, 0.717) is 25.1 Å². The van der Waals surface area contributed by atoms with Crippen molar-refractivity contribution < 1.29 is 33.0 Å². The first-order valence-corrected chi connectivity index (χ1v) is 8.20. The number of nitrogens with two attached hydrogens (primary N) is 1. The molecule has 5 N–H and O–H groups in total. The van der Waals surface area contributed by atoms with Gasteiger partial charge in [0.1, 0.15) is 0 Å². The molecule has 2 unspecified atom stereocenters. The first-order valence-electron chi connectivity index (χ1n) is 8.20. The maximum Gasteiger partial charge on any atom is 0.490 e. The Labute approximate surface area is 157 Å². The summed E-state index contributed by atoms with van der Waals surface area (Å²) in [6.45, 7) is 0.829. The zero-order valence-corrected chi connectivity index (χ0v) is 14.6. The Bertz CT molecular complexity index is 784. The molecule has 1 aliphatic heterocycles. The Morgan fingerprint density at radius 1 is 1.18 bits per heavy atom. The van der Waals surface area contributed by atoms with Gasteiger partial charge in [0.15, 0.2) is 0 Å². The molecular weight excluding hydrogens is 381 g/mol. The van der Waals surface area contributed by atoms with E-state index in [1.54, 1.807) is 29.4 Å². The highest BCUT2D eigenvalue weighted by molar-refractivity contribution is 5.94. The van der Waals surface area contributed by atoms with Crippen LogP contribution in [0.5, 0.6) is 0 Å². The van der Waals surface area contributed by atoms with E-state index in [4.69, 9.17) is 15.6 Å². The number of halogens is 3. The van der Waals surface area contributed by atoms with Crippen molar-refractivity contribution >= 4 is 11.9 Å². The van der Waals surface area contributed by atoms with Crippen LogP contribution in [0, 0.1) is 0 Å². The Morgan fingerprint density at radius 3 is 2.25 bits per heavy atom. The van der Waals surface area contributed by atoms with Crippen LogP contribution in [-0.2, 0) is 4.79 Å². The van der Waals surface area contributed by atoms with Crippen LogP contribution in [0.1, 0.15) is 16.8 Å². The fourth-order valence-electron chi connectivity index (χ4n) is 2.67.